The molecule has 1 aliphatic rings. The Labute approximate surface area is 193 Å². The minimum absolute atomic E-state index is 0.0618. The zero-order valence-corrected chi connectivity index (χ0v) is 19.8. The molecule has 3 aromatic rings. The number of carbonyl (C=O) groups excluding carboxylic acids is 1. The summed E-state index contributed by atoms with van der Waals surface area (Å²) in [6.45, 7) is 6.61. The summed E-state index contributed by atoms with van der Waals surface area (Å²) >= 11 is 0. The van der Waals surface area contributed by atoms with Crippen molar-refractivity contribution in [1.29, 1.82) is 0 Å². The molecular formula is C23H29N5O4S. The van der Waals surface area contributed by atoms with Gasteiger partial charge in [-0.05, 0) is 51.8 Å². The summed E-state index contributed by atoms with van der Waals surface area (Å²) in [5.41, 5.74) is 6.96. The minimum Gasteiger partial charge on any atom is -0.444 e. The molecule has 3 N–H and O–H groups in total. The first-order chi connectivity index (χ1) is 15.6. The molecule has 1 aliphatic heterocycles. The summed E-state index contributed by atoms with van der Waals surface area (Å²) in [5, 5.41) is 4.02. The zero-order chi connectivity index (χ0) is 23.8. The van der Waals surface area contributed by atoms with E-state index >= 15 is 0 Å². The predicted molar refractivity (Wildman–Crippen MR) is 128 cm³/mol. The molecule has 10 heteroatoms. The van der Waals surface area contributed by atoms with Crippen LogP contribution in [0.3, 0.4) is 0 Å². The molecule has 4 rings (SSSR count). The lowest BCUT2D eigenvalue weighted by atomic mass is 10.1. The third kappa shape index (κ3) is 4.75. The topological polar surface area (TPSA) is 120 Å². The first-order valence-corrected chi connectivity index (χ1v) is 12.3. The Balaban J connectivity index is 1.61. The van der Waals surface area contributed by atoms with Gasteiger partial charge in [0.1, 0.15) is 5.60 Å². The second kappa shape index (κ2) is 8.58. The lowest BCUT2D eigenvalue weighted by Gasteiger charge is -2.35. The summed E-state index contributed by atoms with van der Waals surface area (Å²) in [7, 11) is -3.81. The van der Waals surface area contributed by atoms with Gasteiger partial charge in [0.2, 0.25) is 0 Å². The number of pyridine rings is 1. The van der Waals surface area contributed by atoms with Crippen LogP contribution in [0.5, 0.6) is 0 Å². The Hall–Kier alpha value is -3.27. The molecule has 3 heterocycles. The van der Waals surface area contributed by atoms with Crippen molar-refractivity contribution in [3.8, 4) is 0 Å². The molecule has 2 aromatic heterocycles. The van der Waals surface area contributed by atoms with E-state index in [9.17, 15) is 13.2 Å². The number of hydrogen-bond donors (Lipinski definition) is 2. The summed E-state index contributed by atoms with van der Waals surface area (Å²) in [5.74, 6) is 0. The number of nitrogens with two attached hydrogens (primary N) is 1. The highest BCUT2D eigenvalue weighted by Crippen LogP contribution is 2.32. The highest BCUT2D eigenvalue weighted by molar-refractivity contribution is 7.90. The van der Waals surface area contributed by atoms with Gasteiger partial charge in [0.15, 0.2) is 5.65 Å². The predicted octanol–water partition coefficient (Wildman–Crippen LogP) is 3.67. The fourth-order valence-electron chi connectivity index (χ4n) is 3.93. The SMILES string of the molecule is CC(C)(C)OC(=O)N1CCCC(Nc2c(N)cnc3c2ccn3S(=O)(=O)c2ccccc2)C1. The molecule has 1 amide bonds. The summed E-state index contributed by atoms with van der Waals surface area (Å²) in [6.07, 6.45) is 4.25. The van der Waals surface area contributed by atoms with Crippen molar-refractivity contribution < 1.29 is 17.9 Å². The average Bonchev–Trinajstić information content (AvgIpc) is 3.21. The van der Waals surface area contributed by atoms with Crippen LogP contribution >= 0.6 is 0 Å². The van der Waals surface area contributed by atoms with E-state index in [1.54, 1.807) is 41.3 Å². The maximum absolute atomic E-state index is 13.1. The van der Waals surface area contributed by atoms with E-state index < -0.39 is 15.6 Å². The fraction of sp³-hybridized carbons (Fsp3) is 0.391. The maximum Gasteiger partial charge on any atom is 0.410 e. The number of nitrogens with zero attached hydrogens (tertiary/aromatic N) is 3. The molecule has 1 aromatic carbocycles. The molecule has 1 fully saturated rings. The van der Waals surface area contributed by atoms with Crippen molar-refractivity contribution in [2.75, 3.05) is 24.1 Å². The van der Waals surface area contributed by atoms with Crippen LogP contribution in [0.1, 0.15) is 33.6 Å². The van der Waals surface area contributed by atoms with Gasteiger partial charge in [-0.3, -0.25) is 0 Å². The largest absolute Gasteiger partial charge is 0.444 e. The van der Waals surface area contributed by atoms with Crippen LogP contribution in [-0.2, 0) is 14.8 Å². The Morgan fingerprint density at radius 1 is 1.21 bits per heavy atom. The number of benzene rings is 1. The number of hydrogen-bond acceptors (Lipinski definition) is 7. The monoisotopic (exact) mass is 471 g/mol. The highest BCUT2D eigenvalue weighted by Gasteiger charge is 2.29. The van der Waals surface area contributed by atoms with Crippen molar-refractivity contribution in [1.82, 2.24) is 13.9 Å². The first kappa shape index (κ1) is 22.9. The van der Waals surface area contributed by atoms with Gasteiger partial charge in [-0.25, -0.2) is 22.2 Å². The van der Waals surface area contributed by atoms with Crippen LogP contribution in [0, 0.1) is 0 Å². The van der Waals surface area contributed by atoms with E-state index in [4.69, 9.17) is 10.5 Å². The lowest BCUT2D eigenvalue weighted by molar-refractivity contribution is 0.0206. The summed E-state index contributed by atoms with van der Waals surface area (Å²) in [4.78, 5) is 18.7. The quantitative estimate of drug-likeness (QED) is 0.596. The van der Waals surface area contributed by atoms with Crippen LogP contribution in [0.15, 0.2) is 53.7 Å². The molecular weight excluding hydrogens is 442 g/mol. The van der Waals surface area contributed by atoms with Crippen molar-refractivity contribution >= 4 is 38.5 Å². The molecule has 1 atom stereocenters. The lowest BCUT2D eigenvalue weighted by Crippen LogP contribution is -2.47. The summed E-state index contributed by atoms with van der Waals surface area (Å²) in [6, 6.07) is 9.84. The Morgan fingerprint density at radius 3 is 2.64 bits per heavy atom. The van der Waals surface area contributed by atoms with Crippen molar-refractivity contribution in [2.24, 2.45) is 0 Å². The van der Waals surface area contributed by atoms with Crippen molar-refractivity contribution in [3.05, 3.63) is 48.8 Å². The minimum atomic E-state index is -3.81. The van der Waals surface area contributed by atoms with E-state index in [0.29, 0.717) is 29.9 Å². The Kier molecular flexibility index (Phi) is 5.96. The molecule has 0 aliphatic carbocycles. The molecule has 9 nitrogen and oxygen atoms in total. The number of nitrogens with one attached hydrogen (secondary N) is 1. The number of likely N-dealkylation sites (tertiary alicyclic amines) is 1. The van der Waals surface area contributed by atoms with Gasteiger partial charge in [-0.1, -0.05) is 18.2 Å². The molecule has 1 saturated heterocycles. The smallest absolute Gasteiger partial charge is 0.410 e. The second-order valence-electron chi connectivity index (χ2n) is 9.17. The number of piperidine rings is 1. The number of anilines is 2. The van der Waals surface area contributed by atoms with Gasteiger partial charge in [0.25, 0.3) is 10.0 Å². The highest BCUT2D eigenvalue weighted by atomic mass is 32.2. The zero-order valence-electron chi connectivity index (χ0n) is 19.0. The summed E-state index contributed by atoms with van der Waals surface area (Å²) < 4.78 is 33.0. The van der Waals surface area contributed by atoms with Gasteiger partial charge in [0, 0.05) is 30.7 Å². The third-order valence-corrected chi connectivity index (χ3v) is 7.11. The van der Waals surface area contributed by atoms with E-state index in [1.165, 1.54) is 12.4 Å². The van der Waals surface area contributed by atoms with Crippen molar-refractivity contribution in [2.45, 2.75) is 50.2 Å². The molecule has 1 unspecified atom stereocenters. The molecule has 0 saturated carbocycles. The molecule has 33 heavy (non-hydrogen) atoms. The standard InChI is InChI=1S/C23H29N5O4S/c1-23(2,3)32-22(29)27-12-7-8-16(15-27)26-20-18-11-13-28(21(18)25-14-19(20)24)33(30,31)17-9-5-4-6-10-17/h4-6,9-11,13-14,16H,7-8,12,15,24H2,1-3H3,(H,25,26). The third-order valence-electron chi connectivity index (χ3n) is 5.43. The van der Waals surface area contributed by atoms with Gasteiger partial charge in [-0.15, -0.1) is 0 Å². The van der Waals surface area contributed by atoms with E-state index in [1.807, 2.05) is 20.8 Å². The molecule has 0 bridgehead atoms. The number of ether oxygens (including phenoxy) is 1. The van der Waals surface area contributed by atoms with Gasteiger partial charge < -0.3 is 20.7 Å². The number of aromatic nitrogens is 2. The first-order valence-electron chi connectivity index (χ1n) is 10.9. The Bertz CT molecular complexity index is 1270. The maximum atomic E-state index is 13.1. The van der Waals surface area contributed by atoms with Crippen molar-refractivity contribution in [3.63, 3.8) is 0 Å². The van der Waals surface area contributed by atoms with Gasteiger partial charge >= 0.3 is 6.09 Å². The fourth-order valence-corrected chi connectivity index (χ4v) is 5.25. The van der Waals surface area contributed by atoms with E-state index in [-0.39, 0.29) is 22.7 Å². The number of fused-ring (bicyclic) bond motifs is 1. The number of rotatable bonds is 4. The number of nitrogen functional groups attached to an aromatic ring is 1. The number of carbonyl (C=O) groups is 1. The van der Waals surface area contributed by atoms with Crippen LogP contribution in [-0.4, -0.2) is 53.1 Å². The van der Waals surface area contributed by atoms with E-state index in [0.717, 1.165) is 16.8 Å². The van der Waals surface area contributed by atoms with Gasteiger partial charge in [-0.2, -0.15) is 0 Å². The van der Waals surface area contributed by atoms with Crippen LogP contribution in [0.25, 0.3) is 11.0 Å². The van der Waals surface area contributed by atoms with E-state index in [2.05, 4.69) is 10.3 Å². The Morgan fingerprint density at radius 2 is 1.94 bits per heavy atom. The van der Waals surface area contributed by atoms with Crippen LogP contribution in [0.2, 0.25) is 0 Å². The molecule has 0 radical (unpaired) electrons. The molecule has 0 spiro atoms. The number of amides is 1. The normalized spacial score (nSPS) is 17.2. The van der Waals surface area contributed by atoms with Gasteiger partial charge in [0.05, 0.1) is 22.5 Å². The van der Waals surface area contributed by atoms with Crippen LogP contribution < -0.4 is 11.1 Å². The van der Waals surface area contributed by atoms with Crippen LogP contribution in [0.4, 0.5) is 16.2 Å². The second-order valence-corrected chi connectivity index (χ2v) is 11.0. The average molecular weight is 472 g/mol. The molecule has 176 valence electrons.